The highest BCUT2D eigenvalue weighted by Gasteiger charge is 2.12. The lowest BCUT2D eigenvalue weighted by molar-refractivity contribution is 0.0600. The molecule has 0 unspecified atom stereocenters. The summed E-state index contributed by atoms with van der Waals surface area (Å²) in [6, 6.07) is 10.4. The maximum atomic E-state index is 12.3. The minimum Gasteiger partial charge on any atom is -0.465 e. The van der Waals surface area contributed by atoms with E-state index in [9.17, 15) is 9.59 Å². The molecule has 1 amide bonds. The summed E-state index contributed by atoms with van der Waals surface area (Å²) in [5.74, 6) is -0.696. The first-order chi connectivity index (χ1) is 11.5. The molecule has 0 fully saturated rings. The maximum Gasteiger partial charge on any atom is 0.337 e. The standard InChI is InChI=1S/C18H16N2O3S/c1-10-8-14-15(9-11(10)2)24-18(19-14)20-16(21)12-4-6-13(7-5-12)17(22)23-3/h4-9H,1-3H3,(H,19,20,21). The Hall–Kier alpha value is -2.73. The van der Waals surface area contributed by atoms with Gasteiger partial charge >= 0.3 is 5.97 Å². The highest BCUT2D eigenvalue weighted by atomic mass is 32.1. The molecule has 6 heteroatoms. The van der Waals surface area contributed by atoms with Crippen LogP contribution in [0.15, 0.2) is 36.4 Å². The number of methoxy groups -OCH3 is 1. The summed E-state index contributed by atoms with van der Waals surface area (Å²) in [6.45, 7) is 4.09. The van der Waals surface area contributed by atoms with Gasteiger partial charge in [0.25, 0.3) is 5.91 Å². The number of aromatic nitrogens is 1. The van der Waals surface area contributed by atoms with E-state index in [1.54, 1.807) is 24.3 Å². The number of hydrogen-bond acceptors (Lipinski definition) is 5. The lowest BCUT2D eigenvalue weighted by Crippen LogP contribution is -2.12. The number of esters is 1. The van der Waals surface area contributed by atoms with Gasteiger partial charge in [0.1, 0.15) is 0 Å². The van der Waals surface area contributed by atoms with Gasteiger partial charge < -0.3 is 4.74 Å². The number of rotatable bonds is 3. The second-order valence-corrected chi connectivity index (χ2v) is 6.48. The van der Waals surface area contributed by atoms with Gasteiger partial charge in [-0.1, -0.05) is 11.3 Å². The first kappa shape index (κ1) is 16.1. The van der Waals surface area contributed by atoms with Crippen LogP contribution in [0.1, 0.15) is 31.8 Å². The Balaban J connectivity index is 1.80. The zero-order valence-electron chi connectivity index (χ0n) is 13.5. The molecule has 3 aromatic rings. The number of anilines is 1. The van der Waals surface area contributed by atoms with Crippen molar-refractivity contribution >= 4 is 38.6 Å². The van der Waals surface area contributed by atoms with Crippen molar-refractivity contribution in [2.75, 3.05) is 12.4 Å². The smallest absolute Gasteiger partial charge is 0.337 e. The number of carbonyl (C=O) groups is 2. The minimum absolute atomic E-state index is 0.265. The Morgan fingerprint density at radius 3 is 2.33 bits per heavy atom. The third-order valence-electron chi connectivity index (χ3n) is 3.79. The van der Waals surface area contributed by atoms with Gasteiger partial charge in [-0.2, -0.15) is 0 Å². The molecule has 1 N–H and O–H groups in total. The van der Waals surface area contributed by atoms with Crippen molar-refractivity contribution < 1.29 is 14.3 Å². The van der Waals surface area contributed by atoms with Crippen molar-refractivity contribution in [3.05, 3.63) is 58.7 Å². The number of benzene rings is 2. The molecule has 3 rings (SSSR count). The first-order valence-corrected chi connectivity index (χ1v) is 8.17. The molecule has 0 aliphatic rings. The molecular weight excluding hydrogens is 324 g/mol. The Kier molecular flexibility index (Phi) is 4.31. The largest absolute Gasteiger partial charge is 0.465 e. The number of ether oxygens (including phenoxy) is 1. The zero-order chi connectivity index (χ0) is 17.3. The molecule has 0 bridgehead atoms. The van der Waals surface area contributed by atoms with Crippen molar-refractivity contribution in [1.29, 1.82) is 0 Å². The van der Waals surface area contributed by atoms with E-state index in [4.69, 9.17) is 0 Å². The quantitative estimate of drug-likeness (QED) is 0.733. The average Bonchev–Trinajstić information content (AvgIpc) is 2.95. The number of carbonyl (C=O) groups excluding carboxylic acids is 2. The van der Waals surface area contributed by atoms with E-state index < -0.39 is 5.97 Å². The molecule has 0 radical (unpaired) electrons. The summed E-state index contributed by atoms with van der Waals surface area (Å²) in [5, 5.41) is 3.35. The van der Waals surface area contributed by atoms with E-state index in [2.05, 4.69) is 28.0 Å². The van der Waals surface area contributed by atoms with Crippen molar-refractivity contribution in [2.45, 2.75) is 13.8 Å². The van der Waals surface area contributed by atoms with Gasteiger partial charge in [-0.05, 0) is 61.4 Å². The van der Waals surface area contributed by atoms with E-state index in [1.807, 2.05) is 13.0 Å². The van der Waals surface area contributed by atoms with E-state index in [-0.39, 0.29) is 5.91 Å². The zero-order valence-corrected chi connectivity index (χ0v) is 14.4. The third kappa shape index (κ3) is 3.14. The van der Waals surface area contributed by atoms with Gasteiger partial charge in [-0.3, -0.25) is 10.1 Å². The summed E-state index contributed by atoms with van der Waals surface area (Å²) < 4.78 is 5.67. The van der Waals surface area contributed by atoms with E-state index in [1.165, 1.54) is 29.6 Å². The van der Waals surface area contributed by atoms with E-state index in [0.29, 0.717) is 16.3 Å². The van der Waals surface area contributed by atoms with Crippen LogP contribution in [0.2, 0.25) is 0 Å². The predicted molar refractivity (Wildman–Crippen MR) is 94.8 cm³/mol. The Morgan fingerprint density at radius 2 is 1.67 bits per heavy atom. The number of hydrogen-bond donors (Lipinski definition) is 1. The van der Waals surface area contributed by atoms with Gasteiger partial charge in [-0.15, -0.1) is 0 Å². The summed E-state index contributed by atoms with van der Waals surface area (Å²) in [6.07, 6.45) is 0. The van der Waals surface area contributed by atoms with Gasteiger partial charge in [-0.25, -0.2) is 9.78 Å². The van der Waals surface area contributed by atoms with Crippen molar-refractivity contribution in [3.8, 4) is 0 Å². The van der Waals surface area contributed by atoms with Crippen molar-refractivity contribution in [1.82, 2.24) is 4.98 Å². The van der Waals surface area contributed by atoms with Gasteiger partial charge in [0.2, 0.25) is 0 Å². The molecule has 0 atom stereocenters. The van der Waals surface area contributed by atoms with Crippen LogP contribution in [0, 0.1) is 13.8 Å². The van der Waals surface area contributed by atoms with E-state index >= 15 is 0 Å². The molecule has 24 heavy (non-hydrogen) atoms. The second-order valence-electron chi connectivity index (χ2n) is 5.45. The van der Waals surface area contributed by atoms with E-state index in [0.717, 1.165) is 10.2 Å². The van der Waals surface area contributed by atoms with Crippen LogP contribution in [-0.2, 0) is 4.74 Å². The topological polar surface area (TPSA) is 68.3 Å². The Bertz CT molecular complexity index is 890. The Morgan fingerprint density at radius 1 is 1.04 bits per heavy atom. The number of fused-ring (bicyclic) bond motifs is 1. The first-order valence-electron chi connectivity index (χ1n) is 7.35. The number of amides is 1. The highest BCUT2D eigenvalue weighted by Crippen LogP contribution is 2.28. The summed E-state index contributed by atoms with van der Waals surface area (Å²) in [7, 11) is 1.32. The average molecular weight is 340 g/mol. The molecule has 122 valence electrons. The van der Waals surface area contributed by atoms with Gasteiger partial charge in [0.15, 0.2) is 5.13 Å². The fourth-order valence-corrected chi connectivity index (χ4v) is 3.22. The molecule has 1 aromatic heterocycles. The number of thiazole rings is 1. The minimum atomic E-state index is -0.432. The lowest BCUT2D eigenvalue weighted by atomic mass is 10.1. The summed E-state index contributed by atoms with van der Waals surface area (Å²) >= 11 is 1.44. The van der Waals surface area contributed by atoms with Crippen LogP contribution in [0.4, 0.5) is 5.13 Å². The number of nitrogens with one attached hydrogen (secondary N) is 1. The molecule has 2 aromatic carbocycles. The molecular formula is C18H16N2O3S. The van der Waals surface area contributed by atoms with Crippen molar-refractivity contribution in [2.24, 2.45) is 0 Å². The predicted octanol–water partition coefficient (Wildman–Crippen LogP) is 3.95. The SMILES string of the molecule is COC(=O)c1ccc(C(=O)Nc2nc3cc(C)c(C)cc3s2)cc1. The molecule has 0 aliphatic carbocycles. The highest BCUT2D eigenvalue weighted by molar-refractivity contribution is 7.22. The molecule has 0 saturated carbocycles. The van der Waals surface area contributed by atoms with Crippen LogP contribution in [-0.4, -0.2) is 24.0 Å². The molecule has 5 nitrogen and oxygen atoms in total. The van der Waals surface area contributed by atoms with Crippen LogP contribution in [0.25, 0.3) is 10.2 Å². The molecule has 0 spiro atoms. The molecule has 0 saturated heterocycles. The van der Waals surface area contributed by atoms with Crippen LogP contribution < -0.4 is 5.32 Å². The van der Waals surface area contributed by atoms with Crippen LogP contribution in [0.3, 0.4) is 0 Å². The molecule has 1 heterocycles. The fourth-order valence-electron chi connectivity index (χ4n) is 2.28. The Labute approximate surface area is 143 Å². The number of aryl methyl sites for hydroxylation is 2. The number of nitrogens with zero attached hydrogens (tertiary/aromatic N) is 1. The third-order valence-corrected chi connectivity index (χ3v) is 4.73. The maximum absolute atomic E-state index is 12.3. The van der Waals surface area contributed by atoms with Crippen LogP contribution >= 0.6 is 11.3 Å². The second kappa shape index (κ2) is 6.41. The molecule has 0 aliphatic heterocycles. The monoisotopic (exact) mass is 340 g/mol. The van der Waals surface area contributed by atoms with Crippen LogP contribution in [0.5, 0.6) is 0 Å². The van der Waals surface area contributed by atoms with Gasteiger partial charge in [0, 0.05) is 5.56 Å². The van der Waals surface area contributed by atoms with Gasteiger partial charge in [0.05, 0.1) is 22.9 Å². The lowest BCUT2D eigenvalue weighted by Gasteiger charge is -2.03. The summed E-state index contributed by atoms with van der Waals surface area (Å²) in [5.41, 5.74) is 4.10. The fraction of sp³-hybridized carbons (Fsp3) is 0.167. The van der Waals surface area contributed by atoms with Crippen molar-refractivity contribution in [3.63, 3.8) is 0 Å². The summed E-state index contributed by atoms with van der Waals surface area (Å²) in [4.78, 5) is 28.2. The normalized spacial score (nSPS) is 10.6.